The molecule has 2 rings (SSSR count). The third kappa shape index (κ3) is 1.99. The van der Waals surface area contributed by atoms with Gasteiger partial charge in [-0.05, 0) is 24.6 Å². The molecule has 0 atom stereocenters. The van der Waals surface area contributed by atoms with E-state index in [9.17, 15) is 0 Å². The van der Waals surface area contributed by atoms with Gasteiger partial charge in [0.25, 0.3) is 0 Å². The van der Waals surface area contributed by atoms with Crippen molar-refractivity contribution in [3.05, 3.63) is 41.4 Å². The quantitative estimate of drug-likeness (QED) is 0.748. The average Bonchev–Trinajstić information content (AvgIpc) is 2.29. The van der Waals surface area contributed by atoms with Crippen molar-refractivity contribution in [2.24, 2.45) is 0 Å². The van der Waals surface area contributed by atoms with Crippen molar-refractivity contribution in [3.63, 3.8) is 0 Å². The third-order valence-electron chi connectivity index (χ3n) is 2.22. The molecule has 0 fully saturated rings. The van der Waals surface area contributed by atoms with Crippen LogP contribution in [0.15, 0.2) is 24.5 Å². The second-order valence-electron chi connectivity index (χ2n) is 3.26. The van der Waals surface area contributed by atoms with Gasteiger partial charge in [-0.15, -0.1) is 0 Å². The van der Waals surface area contributed by atoms with E-state index in [4.69, 9.17) is 16.3 Å². The highest BCUT2D eigenvalue weighted by Crippen LogP contribution is 2.32. The standard InChI is InChI=1S/C12H10ClN2O/c1-8-12(16-2)10(7-11(13)15-8)9-3-5-14-6-4-9/h3-6H,1-2H3. The lowest BCUT2D eigenvalue weighted by Gasteiger charge is -2.10. The molecule has 16 heavy (non-hydrogen) atoms. The molecule has 4 heteroatoms. The van der Waals surface area contributed by atoms with Crippen molar-refractivity contribution in [1.29, 1.82) is 0 Å². The Morgan fingerprint density at radius 2 is 2.00 bits per heavy atom. The van der Waals surface area contributed by atoms with E-state index < -0.39 is 0 Å². The zero-order valence-corrected chi connectivity index (χ0v) is 9.75. The summed E-state index contributed by atoms with van der Waals surface area (Å²) in [7, 11) is 1.61. The Morgan fingerprint density at radius 1 is 1.31 bits per heavy atom. The Hall–Kier alpha value is -1.61. The van der Waals surface area contributed by atoms with Gasteiger partial charge in [0.15, 0.2) is 0 Å². The first-order chi connectivity index (χ1) is 7.72. The molecule has 0 unspecified atom stereocenters. The molecule has 0 bridgehead atoms. The number of hydrogen-bond acceptors (Lipinski definition) is 3. The molecule has 2 aromatic rings. The fraction of sp³-hybridized carbons (Fsp3) is 0.167. The van der Waals surface area contributed by atoms with Crippen molar-refractivity contribution in [2.75, 3.05) is 7.11 Å². The highest BCUT2D eigenvalue weighted by molar-refractivity contribution is 6.29. The van der Waals surface area contributed by atoms with Crippen LogP contribution in [-0.2, 0) is 0 Å². The summed E-state index contributed by atoms with van der Waals surface area (Å²) in [5.74, 6) is 0.690. The van der Waals surface area contributed by atoms with E-state index in [0.29, 0.717) is 10.9 Å². The smallest absolute Gasteiger partial charge is 0.148 e. The molecule has 0 aliphatic rings. The lowest BCUT2D eigenvalue weighted by atomic mass is 10.1. The molecule has 0 amide bonds. The fourth-order valence-corrected chi connectivity index (χ4v) is 1.76. The van der Waals surface area contributed by atoms with Gasteiger partial charge >= 0.3 is 0 Å². The maximum atomic E-state index is 5.89. The van der Waals surface area contributed by atoms with Crippen LogP contribution in [0.5, 0.6) is 5.75 Å². The number of aryl methyl sites for hydroxylation is 1. The van der Waals surface area contributed by atoms with Gasteiger partial charge in [0.1, 0.15) is 10.9 Å². The van der Waals surface area contributed by atoms with Crippen molar-refractivity contribution >= 4 is 11.6 Å². The van der Waals surface area contributed by atoms with Crippen LogP contribution in [0.3, 0.4) is 0 Å². The van der Waals surface area contributed by atoms with E-state index in [2.05, 4.69) is 16.0 Å². The molecule has 0 aliphatic carbocycles. The van der Waals surface area contributed by atoms with Gasteiger partial charge in [0.2, 0.25) is 0 Å². The van der Waals surface area contributed by atoms with Crippen LogP contribution in [0, 0.1) is 13.0 Å². The summed E-state index contributed by atoms with van der Waals surface area (Å²) in [6.45, 7) is 1.85. The summed E-state index contributed by atoms with van der Waals surface area (Å²) in [5.41, 5.74) is 2.51. The molecule has 0 saturated carbocycles. The van der Waals surface area contributed by atoms with E-state index in [1.165, 1.54) is 0 Å². The molecule has 81 valence electrons. The monoisotopic (exact) mass is 233 g/mol. The number of ether oxygens (including phenoxy) is 1. The summed E-state index contributed by atoms with van der Waals surface area (Å²) in [6.07, 6.45) is 3.43. The van der Waals surface area contributed by atoms with E-state index in [-0.39, 0.29) is 0 Å². The molecule has 0 aromatic carbocycles. The number of rotatable bonds is 2. The Morgan fingerprint density at radius 3 is 2.62 bits per heavy atom. The largest absolute Gasteiger partial charge is 0.494 e. The van der Waals surface area contributed by atoms with E-state index in [0.717, 1.165) is 16.8 Å². The van der Waals surface area contributed by atoms with Crippen LogP contribution in [0.25, 0.3) is 11.1 Å². The number of methoxy groups -OCH3 is 1. The molecular formula is C12H10ClN2O. The lowest BCUT2D eigenvalue weighted by molar-refractivity contribution is 0.411. The topological polar surface area (TPSA) is 35.0 Å². The molecule has 0 spiro atoms. The summed E-state index contributed by atoms with van der Waals surface area (Å²) < 4.78 is 5.31. The Balaban J connectivity index is 2.64. The number of aromatic nitrogens is 2. The maximum Gasteiger partial charge on any atom is 0.148 e. The number of pyridine rings is 2. The minimum absolute atomic E-state index is 0.338. The Labute approximate surface area is 99.1 Å². The molecule has 1 radical (unpaired) electrons. The van der Waals surface area contributed by atoms with E-state index >= 15 is 0 Å². The van der Waals surface area contributed by atoms with E-state index in [1.54, 1.807) is 19.5 Å². The fourth-order valence-electron chi connectivity index (χ4n) is 1.54. The van der Waals surface area contributed by atoms with Gasteiger partial charge in [0.05, 0.1) is 12.8 Å². The predicted octanol–water partition coefficient (Wildman–Crippen LogP) is 2.91. The van der Waals surface area contributed by atoms with Crippen molar-refractivity contribution < 1.29 is 4.74 Å². The lowest BCUT2D eigenvalue weighted by Crippen LogP contribution is -1.95. The first-order valence-corrected chi connectivity index (χ1v) is 5.14. The van der Waals surface area contributed by atoms with Gasteiger partial charge in [0, 0.05) is 24.0 Å². The average molecular weight is 234 g/mol. The Bertz CT molecular complexity index is 500. The molecule has 0 saturated heterocycles. The highest BCUT2D eigenvalue weighted by atomic mass is 35.5. The van der Waals surface area contributed by atoms with Crippen LogP contribution in [0.2, 0.25) is 5.15 Å². The summed E-state index contributed by atoms with van der Waals surface area (Å²) >= 11 is 5.89. The second kappa shape index (κ2) is 4.49. The zero-order valence-electron chi connectivity index (χ0n) is 8.99. The summed E-state index contributed by atoms with van der Waals surface area (Å²) in [4.78, 5) is 8.07. The zero-order chi connectivity index (χ0) is 11.5. The third-order valence-corrected chi connectivity index (χ3v) is 2.40. The van der Waals surface area contributed by atoms with Crippen LogP contribution in [0.1, 0.15) is 5.69 Å². The number of halogens is 1. The van der Waals surface area contributed by atoms with Gasteiger partial charge in [-0.3, -0.25) is 4.98 Å². The van der Waals surface area contributed by atoms with Crippen LogP contribution in [-0.4, -0.2) is 17.1 Å². The van der Waals surface area contributed by atoms with Gasteiger partial charge in [-0.1, -0.05) is 11.6 Å². The Kier molecular flexibility index (Phi) is 3.06. The minimum atomic E-state index is 0.338. The molecule has 0 N–H and O–H groups in total. The van der Waals surface area contributed by atoms with Gasteiger partial charge in [-0.25, -0.2) is 4.98 Å². The van der Waals surface area contributed by atoms with Gasteiger partial charge in [-0.2, -0.15) is 0 Å². The van der Waals surface area contributed by atoms with Crippen LogP contribution < -0.4 is 4.74 Å². The molecule has 2 heterocycles. The molecule has 2 aromatic heterocycles. The second-order valence-corrected chi connectivity index (χ2v) is 3.62. The number of hydrogen-bond donors (Lipinski definition) is 0. The first-order valence-electron chi connectivity index (χ1n) is 4.76. The first kappa shape index (κ1) is 10.9. The van der Waals surface area contributed by atoms with E-state index in [1.807, 2.05) is 19.1 Å². The summed E-state index contributed by atoms with van der Waals surface area (Å²) in [6, 6.07) is 6.74. The highest BCUT2D eigenvalue weighted by Gasteiger charge is 2.11. The van der Waals surface area contributed by atoms with Crippen LogP contribution >= 0.6 is 11.6 Å². The summed E-state index contributed by atoms with van der Waals surface area (Å²) in [5, 5.41) is 0.338. The van der Waals surface area contributed by atoms with Crippen molar-refractivity contribution in [3.8, 4) is 16.9 Å². The van der Waals surface area contributed by atoms with Crippen molar-refractivity contribution in [2.45, 2.75) is 6.92 Å². The SMILES string of the molecule is COc1c(-c2ccncc2)[c]c(Cl)nc1C. The van der Waals surface area contributed by atoms with Crippen LogP contribution in [0.4, 0.5) is 0 Å². The normalized spacial score (nSPS) is 10.2. The maximum absolute atomic E-state index is 5.89. The van der Waals surface area contributed by atoms with Gasteiger partial charge < -0.3 is 4.74 Å². The van der Waals surface area contributed by atoms with Crippen molar-refractivity contribution in [1.82, 2.24) is 9.97 Å². The molecule has 0 aliphatic heterocycles. The number of nitrogens with zero attached hydrogens (tertiary/aromatic N) is 2. The predicted molar refractivity (Wildman–Crippen MR) is 62.6 cm³/mol. The molecular weight excluding hydrogens is 224 g/mol. The minimum Gasteiger partial charge on any atom is -0.494 e. The molecule has 3 nitrogen and oxygen atoms in total.